The number of para-hydroxylation sites is 2. The van der Waals surface area contributed by atoms with Gasteiger partial charge in [0.1, 0.15) is 0 Å². The van der Waals surface area contributed by atoms with Crippen LogP contribution in [0.25, 0.3) is 44.5 Å². The van der Waals surface area contributed by atoms with Crippen LogP contribution in [0, 0.1) is 6.92 Å². The maximum Gasteiger partial charge on any atom is 0.0540 e. The summed E-state index contributed by atoms with van der Waals surface area (Å²) in [5.74, 6) is 0. The molecule has 0 unspecified atom stereocenters. The highest BCUT2D eigenvalue weighted by molar-refractivity contribution is 6.25. The molecule has 2 nitrogen and oxygen atoms in total. The van der Waals surface area contributed by atoms with E-state index < -0.39 is 0 Å². The highest BCUT2D eigenvalue weighted by atomic mass is 15.1. The van der Waals surface area contributed by atoms with E-state index >= 15 is 0 Å². The van der Waals surface area contributed by atoms with Crippen molar-refractivity contribution in [2.45, 2.75) is 6.92 Å². The summed E-state index contributed by atoms with van der Waals surface area (Å²) in [4.78, 5) is 4.68. The molecule has 51 heavy (non-hydrogen) atoms. The van der Waals surface area contributed by atoms with Gasteiger partial charge in [-0.3, -0.25) is 0 Å². The van der Waals surface area contributed by atoms with Crippen molar-refractivity contribution in [2.75, 3.05) is 9.80 Å². The summed E-state index contributed by atoms with van der Waals surface area (Å²) in [5.41, 5.74) is 10.4. The summed E-state index contributed by atoms with van der Waals surface area (Å²) >= 11 is 0. The van der Waals surface area contributed by atoms with Gasteiger partial charge in [-0.05, 0) is 112 Å². The van der Waals surface area contributed by atoms with Crippen LogP contribution in [0.5, 0.6) is 0 Å². The van der Waals surface area contributed by atoms with Gasteiger partial charge in [-0.15, -0.1) is 0 Å². The first kappa shape index (κ1) is 30.4. The number of anilines is 6. The van der Waals surface area contributed by atoms with Gasteiger partial charge in [-0.1, -0.05) is 139 Å². The van der Waals surface area contributed by atoms with E-state index in [1.54, 1.807) is 0 Å². The second kappa shape index (κ2) is 13.0. The molecule has 0 radical (unpaired) electrons. The zero-order valence-corrected chi connectivity index (χ0v) is 28.4. The fourth-order valence-corrected chi connectivity index (χ4v) is 7.30. The van der Waals surface area contributed by atoms with Crippen LogP contribution in [0.1, 0.15) is 16.7 Å². The molecule has 0 aliphatic rings. The number of nitrogens with zero attached hydrogens (tertiary/aromatic N) is 2. The number of aryl methyl sites for hydroxylation is 1. The first-order valence-electron chi connectivity index (χ1n) is 17.5. The van der Waals surface area contributed by atoms with Gasteiger partial charge in [-0.2, -0.15) is 0 Å². The van der Waals surface area contributed by atoms with Crippen LogP contribution in [0.4, 0.5) is 34.1 Å². The molecule has 0 fully saturated rings. The Hall–Kier alpha value is -6.64. The van der Waals surface area contributed by atoms with Crippen LogP contribution in [0.15, 0.2) is 188 Å². The SMILES string of the molecule is Cc1ccc(N(c2ccc(C=Cc3ccc(N(c4ccccc4)c4ccccc4)cc3)cc2)c2ccc3ccc4cccc5ccc2c3c45)cc1. The van der Waals surface area contributed by atoms with Crippen molar-refractivity contribution in [3.63, 3.8) is 0 Å². The van der Waals surface area contributed by atoms with Crippen molar-refractivity contribution in [1.29, 1.82) is 0 Å². The molecule has 2 heteroatoms. The van der Waals surface area contributed by atoms with Gasteiger partial charge in [0.05, 0.1) is 5.69 Å². The van der Waals surface area contributed by atoms with Gasteiger partial charge in [0, 0.05) is 33.8 Å². The predicted molar refractivity (Wildman–Crippen MR) is 220 cm³/mol. The Kier molecular flexibility index (Phi) is 7.75. The van der Waals surface area contributed by atoms with E-state index in [1.165, 1.54) is 43.6 Å². The molecule has 0 amide bonds. The van der Waals surface area contributed by atoms with Crippen molar-refractivity contribution in [2.24, 2.45) is 0 Å². The average Bonchev–Trinajstić information content (AvgIpc) is 3.19. The van der Waals surface area contributed by atoms with E-state index in [-0.39, 0.29) is 0 Å². The fraction of sp³-hybridized carbons (Fsp3) is 0.0204. The summed E-state index contributed by atoms with van der Waals surface area (Å²) in [5, 5.41) is 7.73. The normalized spacial score (nSPS) is 11.5. The summed E-state index contributed by atoms with van der Waals surface area (Å²) in [6, 6.07) is 67.7. The molecule has 0 aliphatic carbocycles. The fourth-order valence-electron chi connectivity index (χ4n) is 7.30. The zero-order chi connectivity index (χ0) is 34.1. The van der Waals surface area contributed by atoms with E-state index in [1.807, 2.05) is 0 Å². The molecular formula is C49H36N2. The third-order valence-corrected chi connectivity index (χ3v) is 9.84. The van der Waals surface area contributed by atoms with Gasteiger partial charge < -0.3 is 9.80 Å². The lowest BCUT2D eigenvalue weighted by Crippen LogP contribution is -2.10. The maximum absolute atomic E-state index is 2.39. The molecule has 0 N–H and O–H groups in total. The third kappa shape index (κ3) is 5.77. The Bertz CT molecular complexity index is 2550. The summed E-state index contributed by atoms with van der Waals surface area (Å²) in [6.45, 7) is 2.14. The van der Waals surface area contributed by atoms with E-state index in [0.717, 1.165) is 39.6 Å². The zero-order valence-electron chi connectivity index (χ0n) is 28.4. The van der Waals surface area contributed by atoms with Crippen molar-refractivity contribution in [1.82, 2.24) is 0 Å². The number of rotatable bonds is 8. The molecule has 9 aromatic rings. The Balaban J connectivity index is 1.04. The van der Waals surface area contributed by atoms with E-state index in [0.29, 0.717) is 0 Å². The Morgan fingerprint density at radius 1 is 0.333 bits per heavy atom. The molecular weight excluding hydrogens is 617 g/mol. The van der Waals surface area contributed by atoms with Gasteiger partial charge >= 0.3 is 0 Å². The number of hydrogen-bond donors (Lipinski definition) is 0. The predicted octanol–water partition coefficient (Wildman–Crippen LogP) is 14.0. The summed E-state index contributed by atoms with van der Waals surface area (Å²) < 4.78 is 0. The first-order chi connectivity index (χ1) is 25.2. The van der Waals surface area contributed by atoms with Crippen molar-refractivity contribution in [3.05, 3.63) is 205 Å². The largest absolute Gasteiger partial charge is 0.311 e. The van der Waals surface area contributed by atoms with E-state index in [9.17, 15) is 0 Å². The van der Waals surface area contributed by atoms with Crippen LogP contribution in [-0.2, 0) is 0 Å². The molecule has 9 aromatic carbocycles. The standard InChI is InChI=1S/C49H36N2/c1-35-15-27-44(28-16-35)51(47-34-26-40-24-23-38-9-8-10-39-25-33-46(47)49(40)48(38)39)45-31-21-37(22-32-45)18-17-36-19-29-43(30-20-36)50(41-11-4-2-5-12-41)42-13-6-3-7-14-42/h2-34H,1H3. The molecule has 0 heterocycles. The summed E-state index contributed by atoms with van der Waals surface area (Å²) in [6.07, 6.45) is 4.38. The van der Waals surface area contributed by atoms with Crippen LogP contribution >= 0.6 is 0 Å². The lowest BCUT2D eigenvalue weighted by atomic mass is 9.93. The van der Waals surface area contributed by atoms with Gasteiger partial charge in [0.25, 0.3) is 0 Å². The minimum Gasteiger partial charge on any atom is -0.311 e. The minimum atomic E-state index is 1.12. The van der Waals surface area contributed by atoms with Crippen molar-refractivity contribution < 1.29 is 0 Å². The van der Waals surface area contributed by atoms with Crippen LogP contribution in [-0.4, -0.2) is 0 Å². The van der Waals surface area contributed by atoms with Gasteiger partial charge in [-0.25, -0.2) is 0 Å². The molecule has 0 spiro atoms. The number of benzene rings is 9. The molecule has 9 rings (SSSR count). The van der Waals surface area contributed by atoms with Gasteiger partial charge in [0.15, 0.2) is 0 Å². The Morgan fingerprint density at radius 3 is 1.31 bits per heavy atom. The van der Waals surface area contributed by atoms with Crippen LogP contribution < -0.4 is 9.80 Å². The topological polar surface area (TPSA) is 6.48 Å². The Labute approximate surface area is 299 Å². The number of hydrogen-bond acceptors (Lipinski definition) is 2. The Morgan fingerprint density at radius 2 is 0.765 bits per heavy atom. The lowest BCUT2D eigenvalue weighted by Gasteiger charge is -2.28. The molecule has 0 saturated carbocycles. The first-order valence-corrected chi connectivity index (χ1v) is 17.5. The monoisotopic (exact) mass is 652 g/mol. The molecule has 0 aliphatic heterocycles. The highest BCUT2D eigenvalue weighted by Crippen LogP contribution is 2.44. The van der Waals surface area contributed by atoms with Crippen LogP contribution in [0.3, 0.4) is 0 Å². The van der Waals surface area contributed by atoms with Gasteiger partial charge in [0.2, 0.25) is 0 Å². The molecule has 0 saturated heterocycles. The molecule has 0 atom stereocenters. The summed E-state index contributed by atoms with van der Waals surface area (Å²) in [7, 11) is 0. The third-order valence-electron chi connectivity index (χ3n) is 9.84. The second-order valence-electron chi connectivity index (χ2n) is 13.1. The smallest absolute Gasteiger partial charge is 0.0540 e. The quantitative estimate of drug-likeness (QED) is 0.119. The lowest BCUT2D eigenvalue weighted by molar-refractivity contribution is 1.28. The second-order valence-corrected chi connectivity index (χ2v) is 13.1. The van der Waals surface area contributed by atoms with Crippen molar-refractivity contribution >= 4 is 78.6 Å². The van der Waals surface area contributed by atoms with E-state index in [4.69, 9.17) is 0 Å². The molecule has 0 aromatic heterocycles. The van der Waals surface area contributed by atoms with Crippen LogP contribution in [0.2, 0.25) is 0 Å². The minimum absolute atomic E-state index is 1.12. The molecule has 0 bridgehead atoms. The van der Waals surface area contributed by atoms with Crippen molar-refractivity contribution in [3.8, 4) is 0 Å². The van der Waals surface area contributed by atoms with E-state index in [2.05, 4.69) is 217 Å². The molecule has 242 valence electrons. The maximum atomic E-state index is 2.39. The average molecular weight is 653 g/mol. The highest BCUT2D eigenvalue weighted by Gasteiger charge is 2.18.